The van der Waals surface area contributed by atoms with Gasteiger partial charge in [-0.2, -0.15) is 0 Å². The zero-order valence-electron chi connectivity index (χ0n) is 10.2. The van der Waals surface area contributed by atoms with Gasteiger partial charge in [0.25, 0.3) is 0 Å². The third kappa shape index (κ3) is 5.29. The topological polar surface area (TPSA) is 72.2 Å². The summed E-state index contributed by atoms with van der Waals surface area (Å²) in [5, 5.41) is 2.71. The number of hydrogen-bond acceptors (Lipinski definition) is 3. The second-order valence-corrected chi connectivity index (χ2v) is 6.30. The summed E-state index contributed by atoms with van der Waals surface area (Å²) in [4.78, 5) is 11.7. The molecular formula is C12H17BrN2O2S. The molecule has 0 radical (unpaired) electrons. The number of carbonyl (C=O) groups excluding carboxylic acids is 1. The molecule has 0 aromatic heterocycles. The van der Waals surface area contributed by atoms with Gasteiger partial charge in [-0.1, -0.05) is 19.1 Å². The highest BCUT2D eigenvalue weighted by atomic mass is 79.9. The predicted molar refractivity (Wildman–Crippen MR) is 78.9 cm³/mol. The second-order valence-electron chi connectivity index (χ2n) is 3.95. The fraction of sp³-hybridized carbons (Fsp3) is 0.417. The number of halogens is 1. The number of carbonyl (C=O) groups is 1. The van der Waals surface area contributed by atoms with Crippen LogP contribution >= 0.6 is 15.9 Å². The van der Waals surface area contributed by atoms with Crippen LogP contribution in [0.3, 0.4) is 0 Å². The van der Waals surface area contributed by atoms with Crippen LogP contribution in [0.5, 0.6) is 0 Å². The molecule has 1 rings (SSSR count). The van der Waals surface area contributed by atoms with E-state index in [4.69, 9.17) is 5.73 Å². The monoisotopic (exact) mass is 332 g/mol. The Bertz CT molecular complexity index is 440. The number of nitrogens with two attached hydrogens (primary N) is 1. The molecule has 18 heavy (non-hydrogen) atoms. The van der Waals surface area contributed by atoms with Crippen molar-refractivity contribution in [2.75, 3.05) is 16.8 Å². The van der Waals surface area contributed by atoms with E-state index in [2.05, 4.69) is 21.2 Å². The zero-order chi connectivity index (χ0) is 13.5. The molecule has 0 aliphatic heterocycles. The van der Waals surface area contributed by atoms with Crippen molar-refractivity contribution in [3.8, 4) is 0 Å². The quantitative estimate of drug-likeness (QED) is 0.835. The van der Waals surface area contributed by atoms with Crippen LogP contribution in [0.2, 0.25) is 0 Å². The third-order valence-electron chi connectivity index (χ3n) is 2.36. The predicted octanol–water partition coefficient (Wildman–Crippen LogP) is 1.87. The van der Waals surface area contributed by atoms with Crippen molar-refractivity contribution < 1.29 is 9.00 Å². The highest BCUT2D eigenvalue weighted by Crippen LogP contribution is 2.20. The molecule has 0 fully saturated rings. The van der Waals surface area contributed by atoms with Gasteiger partial charge >= 0.3 is 0 Å². The lowest BCUT2D eigenvalue weighted by atomic mass is 10.3. The average Bonchev–Trinajstić information content (AvgIpc) is 2.31. The highest BCUT2D eigenvalue weighted by molar-refractivity contribution is 9.10. The van der Waals surface area contributed by atoms with Crippen molar-refractivity contribution in [3.05, 3.63) is 28.7 Å². The van der Waals surface area contributed by atoms with Crippen LogP contribution in [0.15, 0.2) is 28.7 Å². The fourth-order valence-electron chi connectivity index (χ4n) is 1.31. The standard InChI is InChI=1S/C12H17BrN2O2S/c1-2-9(14)7-18(17)8-12(16)15-11-6-4-3-5-10(11)13/h3-6,9H,2,7-8,14H2,1H3,(H,15,16). The SMILES string of the molecule is CCC(N)CS(=O)CC(=O)Nc1ccccc1Br. The number of benzene rings is 1. The summed E-state index contributed by atoms with van der Waals surface area (Å²) in [7, 11) is -1.21. The molecule has 0 bridgehead atoms. The first kappa shape index (κ1) is 15.3. The van der Waals surface area contributed by atoms with E-state index in [0.29, 0.717) is 11.4 Å². The summed E-state index contributed by atoms with van der Waals surface area (Å²) >= 11 is 3.33. The van der Waals surface area contributed by atoms with Crippen LogP contribution in [-0.2, 0) is 15.6 Å². The van der Waals surface area contributed by atoms with Crippen LogP contribution in [0.4, 0.5) is 5.69 Å². The maximum atomic E-state index is 11.7. The van der Waals surface area contributed by atoms with Gasteiger partial charge in [-0.05, 0) is 34.5 Å². The van der Waals surface area contributed by atoms with Crippen LogP contribution in [0, 0.1) is 0 Å². The van der Waals surface area contributed by atoms with E-state index >= 15 is 0 Å². The van der Waals surface area contributed by atoms with Crippen molar-refractivity contribution in [1.29, 1.82) is 0 Å². The van der Waals surface area contributed by atoms with Crippen LogP contribution in [0.1, 0.15) is 13.3 Å². The van der Waals surface area contributed by atoms with Gasteiger partial charge in [0.05, 0.1) is 5.69 Å². The third-order valence-corrected chi connectivity index (χ3v) is 4.44. The van der Waals surface area contributed by atoms with Crippen molar-refractivity contribution in [3.63, 3.8) is 0 Å². The summed E-state index contributed by atoms with van der Waals surface area (Å²) < 4.78 is 12.5. The van der Waals surface area contributed by atoms with Gasteiger partial charge in [0.15, 0.2) is 0 Å². The minimum absolute atomic E-state index is 0.0188. The lowest BCUT2D eigenvalue weighted by molar-refractivity contribution is -0.113. The first-order valence-corrected chi connectivity index (χ1v) is 7.96. The summed E-state index contributed by atoms with van der Waals surface area (Å²) in [5.41, 5.74) is 6.37. The van der Waals surface area contributed by atoms with Gasteiger partial charge in [-0.25, -0.2) is 0 Å². The van der Waals surface area contributed by atoms with Crippen molar-refractivity contribution >= 4 is 38.3 Å². The van der Waals surface area contributed by atoms with Crippen molar-refractivity contribution in [2.24, 2.45) is 5.73 Å². The Morgan fingerprint density at radius 1 is 1.50 bits per heavy atom. The molecule has 1 aromatic rings. The van der Waals surface area contributed by atoms with Gasteiger partial charge in [0.2, 0.25) is 5.91 Å². The van der Waals surface area contributed by atoms with Crippen LogP contribution in [-0.4, -0.2) is 27.7 Å². The van der Waals surface area contributed by atoms with Gasteiger partial charge in [-0.15, -0.1) is 0 Å². The summed E-state index contributed by atoms with van der Waals surface area (Å²) in [6.07, 6.45) is 0.762. The number of anilines is 1. The van der Waals surface area contributed by atoms with E-state index < -0.39 is 10.8 Å². The van der Waals surface area contributed by atoms with E-state index in [9.17, 15) is 9.00 Å². The Balaban J connectivity index is 2.47. The van der Waals surface area contributed by atoms with Crippen molar-refractivity contribution in [1.82, 2.24) is 0 Å². The first-order valence-electron chi connectivity index (χ1n) is 5.67. The minimum atomic E-state index is -1.21. The maximum absolute atomic E-state index is 11.7. The number of amides is 1. The highest BCUT2D eigenvalue weighted by Gasteiger charge is 2.12. The zero-order valence-corrected chi connectivity index (χ0v) is 12.6. The molecule has 0 aliphatic rings. The van der Waals surface area contributed by atoms with E-state index in [1.165, 1.54) is 0 Å². The number of rotatable bonds is 6. The Morgan fingerprint density at radius 3 is 2.78 bits per heavy atom. The molecule has 6 heteroatoms. The molecule has 0 aliphatic carbocycles. The van der Waals surface area contributed by atoms with E-state index in [-0.39, 0.29) is 17.7 Å². The van der Waals surface area contributed by atoms with E-state index in [1.807, 2.05) is 25.1 Å². The molecule has 0 saturated carbocycles. The average molecular weight is 333 g/mol. The van der Waals surface area contributed by atoms with Gasteiger partial charge in [0, 0.05) is 27.1 Å². The van der Waals surface area contributed by atoms with Crippen LogP contribution in [0.25, 0.3) is 0 Å². The molecule has 1 aromatic carbocycles. The molecule has 2 atom stereocenters. The van der Waals surface area contributed by atoms with Crippen molar-refractivity contribution in [2.45, 2.75) is 19.4 Å². The molecule has 0 saturated heterocycles. The van der Waals surface area contributed by atoms with Gasteiger partial charge in [-0.3, -0.25) is 9.00 Å². The fourth-order valence-corrected chi connectivity index (χ4v) is 2.89. The lowest BCUT2D eigenvalue weighted by Crippen LogP contribution is -2.30. The Labute approximate surface area is 118 Å². The molecular weight excluding hydrogens is 316 g/mol. The largest absolute Gasteiger partial charge is 0.327 e. The number of nitrogens with one attached hydrogen (secondary N) is 1. The lowest BCUT2D eigenvalue weighted by Gasteiger charge is -2.09. The Kier molecular flexibility index (Phi) is 6.52. The Morgan fingerprint density at radius 2 is 2.17 bits per heavy atom. The summed E-state index contributed by atoms with van der Waals surface area (Å²) in [6.45, 7) is 1.93. The molecule has 1 amide bonds. The summed E-state index contributed by atoms with van der Waals surface area (Å²) in [6, 6.07) is 7.19. The molecule has 2 unspecified atom stereocenters. The summed E-state index contributed by atoms with van der Waals surface area (Å²) in [5.74, 6) is 0.0816. The Hall–Kier alpha value is -0.720. The van der Waals surface area contributed by atoms with E-state index in [1.54, 1.807) is 6.07 Å². The first-order chi connectivity index (χ1) is 8.52. The van der Waals surface area contributed by atoms with Gasteiger partial charge < -0.3 is 11.1 Å². The molecule has 100 valence electrons. The number of hydrogen-bond donors (Lipinski definition) is 2. The normalized spacial score (nSPS) is 13.9. The molecule has 0 heterocycles. The number of para-hydroxylation sites is 1. The molecule has 0 spiro atoms. The molecule has 3 N–H and O–H groups in total. The van der Waals surface area contributed by atoms with Gasteiger partial charge in [0.1, 0.15) is 5.75 Å². The van der Waals surface area contributed by atoms with Crippen LogP contribution < -0.4 is 11.1 Å². The second kappa shape index (κ2) is 7.66. The maximum Gasteiger partial charge on any atom is 0.237 e. The smallest absolute Gasteiger partial charge is 0.237 e. The minimum Gasteiger partial charge on any atom is -0.327 e. The van der Waals surface area contributed by atoms with E-state index in [0.717, 1.165) is 10.9 Å². The molecule has 4 nitrogen and oxygen atoms in total.